The first kappa shape index (κ1) is 8.13. The lowest BCUT2D eigenvalue weighted by Gasteiger charge is -2.19. The highest BCUT2D eigenvalue weighted by atomic mass is 16.5. The van der Waals surface area contributed by atoms with Crippen molar-refractivity contribution in [3.63, 3.8) is 0 Å². The Hall–Kier alpha value is -0.970. The third-order valence-electron chi connectivity index (χ3n) is 1.39. The second-order valence-electron chi connectivity index (χ2n) is 2.68. The van der Waals surface area contributed by atoms with Crippen molar-refractivity contribution in [1.82, 2.24) is 20.6 Å². The van der Waals surface area contributed by atoms with Gasteiger partial charge >= 0.3 is 0 Å². The highest BCUT2D eigenvalue weighted by Gasteiger charge is 2.25. The van der Waals surface area contributed by atoms with Crippen molar-refractivity contribution in [2.45, 2.75) is 26.4 Å². The van der Waals surface area contributed by atoms with Gasteiger partial charge in [-0.2, -0.15) is 5.21 Å². The average molecular weight is 156 g/mol. The Balaban J connectivity index is 2.73. The van der Waals surface area contributed by atoms with Gasteiger partial charge in [-0.05, 0) is 20.8 Å². The third kappa shape index (κ3) is 1.74. The van der Waals surface area contributed by atoms with E-state index in [9.17, 15) is 0 Å². The fourth-order valence-electron chi connectivity index (χ4n) is 0.842. The lowest BCUT2D eigenvalue weighted by molar-refractivity contribution is -0.0207. The van der Waals surface area contributed by atoms with E-state index < -0.39 is 5.60 Å². The van der Waals surface area contributed by atoms with Crippen molar-refractivity contribution in [2.75, 3.05) is 6.61 Å². The molecule has 62 valence electrons. The van der Waals surface area contributed by atoms with Gasteiger partial charge in [-0.3, -0.25) is 0 Å². The maximum absolute atomic E-state index is 5.39. The normalized spacial score (nSPS) is 11.9. The summed E-state index contributed by atoms with van der Waals surface area (Å²) in [5, 5.41) is 13.5. The molecule has 0 atom stereocenters. The number of tetrazole rings is 1. The van der Waals surface area contributed by atoms with Crippen LogP contribution in [0.1, 0.15) is 26.6 Å². The maximum Gasteiger partial charge on any atom is 0.205 e. The summed E-state index contributed by atoms with van der Waals surface area (Å²) in [4.78, 5) is 0. The Bertz CT molecular complexity index is 206. The third-order valence-corrected chi connectivity index (χ3v) is 1.39. The molecule has 1 N–H and O–H groups in total. The number of aromatic nitrogens is 4. The molecular weight excluding hydrogens is 144 g/mol. The summed E-state index contributed by atoms with van der Waals surface area (Å²) in [6.07, 6.45) is 0. The lowest BCUT2D eigenvalue weighted by Crippen LogP contribution is -2.23. The van der Waals surface area contributed by atoms with E-state index in [4.69, 9.17) is 4.74 Å². The number of ether oxygens (including phenoxy) is 1. The van der Waals surface area contributed by atoms with Crippen LogP contribution in [0.5, 0.6) is 0 Å². The molecule has 0 aromatic carbocycles. The van der Waals surface area contributed by atoms with Gasteiger partial charge in [0.05, 0.1) is 0 Å². The van der Waals surface area contributed by atoms with E-state index in [-0.39, 0.29) is 0 Å². The molecule has 5 heteroatoms. The number of hydrogen-bond donors (Lipinski definition) is 1. The minimum atomic E-state index is -0.443. The maximum atomic E-state index is 5.39. The quantitative estimate of drug-likeness (QED) is 0.691. The van der Waals surface area contributed by atoms with E-state index in [0.29, 0.717) is 12.4 Å². The number of nitrogens with zero attached hydrogens (tertiary/aromatic N) is 3. The Labute approximate surface area is 65.1 Å². The van der Waals surface area contributed by atoms with E-state index in [1.54, 1.807) is 0 Å². The van der Waals surface area contributed by atoms with Crippen molar-refractivity contribution >= 4 is 0 Å². The Morgan fingerprint density at radius 2 is 2.27 bits per heavy atom. The van der Waals surface area contributed by atoms with E-state index in [0.717, 1.165) is 0 Å². The monoisotopic (exact) mass is 156 g/mol. The topological polar surface area (TPSA) is 63.7 Å². The van der Waals surface area contributed by atoms with Crippen LogP contribution in [0.3, 0.4) is 0 Å². The molecule has 0 spiro atoms. The smallest absolute Gasteiger partial charge is 0.205 e. The highest BCUT2D eigenvalue weighted by molar-refractivity contribution is 4.91. The molecule has 0 amide bonds. The molecule has 0 aliphatic carbocycles. The number of rotatable bonds is 3. The van der Waals surface area contributed by atoms with E-state index in [1.165, 1.54) is 0 Å². The SMILES string of the molecule is CCOC(C)(C)c1nn[nH]n1. The summed E-state index contributed by atoms with van der Waals surface area (Å²) in [5.41, 5.74) is -0.443. The predicted octanol–water partition coefficient (Wildman–Crippen LogP) is 0.471. The molecule has 5 nitrogen and oxygen atoms in total. The molecule has 0 saturated carbocycles. The predicted molar refractivity (Wildman–Crippen MR) is 38.8 cm³/mol. The second kappa shape index (κ2) is 2.96. The minimum absolute atomic E-state index is 0.443. The number of hydrogen-bond acceptors (Lipinski definition) is 4. The van der Waals surface area contributed by atoms with Crippen molar-refractivity contribution in [2.24, 2.45) is 0 Å². The molecule has 0 unspecified atom stereocenters. The molecule has 0 saturated heterocycles. The number of nitrogens with one attached hydrogen (secondary N) is 1. The highest BCUT2D eigenvalue weighted by Crippen LogP contribution is 2.18. The minimum Gasteiger partial charge on any atom is -0.368 e. The summed E-state index contributed by atoms with van der Waals surface area (Å²) < 4.78 is 5.39. The van der Waals surface area contributed by atoms with Crippen LogP contribution in [0.4, 0.5) is 0 Å². The zero-order chi connectivity index (χ0) is 8.32. The number of aromatic amines is 1. The molecular formula is C6H12N4O. The van der Waals surface area contributed by atoms with Crippen molar-refractivity contribution in [1.29, 1.82) is 0 Å². The Morgan fingerprint density at radius 3 is 2.73 bits per heavy atom. The van der Waals surface area contributed by atoms with Crippen LogP contribution in [0.15, 0.2) is 0 Å². The van der Waals surface area contributed by atoms with Crippen LogP contribution in [0, 0.1) is 0 Å². The second-order valence-corrected chi connectivity index (χ2v) is 2.68. The first-order valence-corrected chi connectivity index (χ1v) is 3.54. The van der Waals surface area contributed by atoms with Gasteiger partial charge in [0.2, 0.25) is 5.82 Å². The summed E-state index contributed by atoms with van der Waals surface area (Å²) in [6, 6.07) is 0. The van der Waals surface area contributed by atoms with Crippen LogP contribution in [-0.2, 0) is 10.3 Å². The summed E-state index contributed by atoms with van der Waals surface area (Å²) in [6.45, 7) is 6.38. The van der Waals surface area contributed by atoms with Crippen LogP contribution in [0.2, 0.25) is 0 Å². The van der Waals surface area contributed by atoms with Crippen molar-refractivity contribution in [3.8, 4) is 0 Å². The van der Waals surface area contributed by atoms with E-state index in [1.807, 2.05) is 20.8 Å². The van der Waals surface area contributed by atoms with Crippen LogP contribution < -0.4 is 0 Å². The molecule has 0 radical (unpaired) electrons. The van der Waals surface area contributed by atoms with Gasteiger partial charge < -0.3 is 4.74 Å². The Morgan fingerprint density at radius 1 is 1.55 bits per heavy atom. The summed E-state index contributed by atoms with van der Waals surface area (Å²) in [7, 11) is 0. The summed E-state index contributed by atoms with van der Waals surface area (Å²) in [5.74, 6) is 0.583. The molecule has 0 bridgehead atoms. The lowest BCUT2D eigenvalue weighted by atomic mass is 10.1. The Kier molecular flexibility index (Phi) is 2.19. The van der Waals surface area contributed by atoms with Gasteiger partial charge in [-0.25, -0.2) is 0 Å². The van der Waals surface area contributed by atoms with Crippen LogP contribution >= 0.6 is 0 Å². The first-order chi connectivity index (χ1) is 5.17. The molecule has 0 fully saturated rings. The van der Waals surface area contributed by atoms with Gasteiger partial charge in [0, 0.05) is 6.61 Å². The first-order valence-electron chi connectivity index (χ1n) is 3.54. The van der Waals surface area contributed by atoms with E-state index >= 15 is 0 Å². The van der Waals surface area contributed by atoms with Crippen LogP contribution in [-0.4, -0.2) is 27.2 Å². The molecule has 11 heavy (non-hydrogen) atoms. The van der Waals surface area contributed by atoms with E-state index in [2.05, 4.69) is 20.6 Å². The van der Waals surface area contributed by atoms with Crippen molar-refractivity contribution in [3.05, 3.63) is 5.82 Å². The summed E-state index contributed by atoms with van der Waals surface area (Å²) >= 11 is 0. The fourth-order valence-corrected chi connectivity index (χ4v) is 0.842. The van der Waals surface area contributed by atoms with Gasteiger partial charge in [0.1, 0.15) is 5.60 Å². The number of H-pyrrole nitrogens is 1. The molecule has 1 rings (SSSR count). The fraction of sp³-hybridized carbons (Fsp3) is 0.833. The zero-order valence-corrected chi connectivity index (χ0v) is 6.96. The van der Waals surface area contributed by atoms with Gasteiger partial charge in [0.25, 0.3) is 0 Å². The molecule has 0 aliphatic rings. The largest absolute Gasteiger partial charge is 0.368 e. The zero-order valence-electron chi connectivity index (χ0n) is 6.96. The van der Waals surface area contributed by atoms with Crippen LogP contribution in [0.25, 0.3) is 0 Å². The molecule has 1 heterocycles. The molecule has 0 aliphatic heterocycles. The van der Waals surface area contributed by atoms with Gasteiger partial charge in [-0.15, -0.1) is 10.2 Å². The molecule has 1 aromatic rings. The molecule has 1 aromatic heterocycles. The van der Waals surface area contributed by atoms with Gasteiger partial charge in [-0.1, -0.05) is 5.21 Å². The standard InChI is InChI=1S/C6H12N4O/c1-4-11-6(2,3)5-7-9-10-8-5/h4H2,1-3H3,(H,7,8,9,10). The van der Waals surface area contributed by atoms with Crippen molar-refractivity contribution < 1.29 is 4.74 Å². The average Bonchev–Trinajstić information content (AvgIpc) is 2.37. The van der Waals surface area contributed by atoms with Gasteiger partial charge in [0.15, 0.2) is 0 Å².